The summed E-state index contributed by atoms with van der Waals surface area (Å²) < 4.78 is 1.87. The van der Waals surface area contributed by atoms with Crippen molar-refractivity contribution in [2.75, 3.05) is 14.1 Å². The van der Waals surface area contributed by atoms with Crippen molar-refractivity contribution < 1.29 is 4.79 Å². The van der Waals surface area contributed by atoms with E-state index in [9.17, 15) is 4.79 Å². The summed E-state index contributed by atoms with van der Waals surface area (Å²) in [5.41, 5.74) is 10.2. The van der Waals surface area contributed by atoms with Crippen molar-refractivity contribution in [2.24, 2.45) is 5.92 Å². The second-order valence-electron chi connectivity index (χ2n) is 11.1. The number of pyridine rings is 2. The summed E-state index contributed by atoms with van der Waals surface area (Å²) in [5, 5.41) is 4.40. The molecule has 0 aliphatic heterocycles. The largest absolute Gasteiger partial charge is 0.353 e. The summed E-state index contributed by atoms with van der Waals surface area (Å²) in [5.74, 6) is 1.70. The lowest BCUT2D eigenvalue weighted by Gasteiger charge is -2.28. The lowest BCUT2D eigenvalue weighted by Crippen LogP contribution is -2.23. The molecule has 1 saturated carbocycles. The predicted molar refractivity (Wildman–Crippen MR) is 144 cm³/mol. The van der Waals surface area contributed by atoms with E-state index in [1.165, 1.54) is 29.7 Å². The molecule has 36 heavy (non-hydrogen) atoms. The molecular weight excluding hydrogens is 448 g/mol. The molecule has 0 radical (unpaired) electrons. The fourth-order valence-corrected chi connectivity index (χ4v) is 5.85. The molecule has 0 aromatic carbocycles. The third-order valence-electron chi connectivity index (χ3n) is 8.20. The first-order valence-electron chi connectivity index (χ1n) is 13.3. The topological polar surface area (TPSA) is 79.2 Å². The molecule has 7 heteroatoms. The first-order valence-corrected chi connectivity index (χ1v) is 13.3. The van der Waals surface area contributed by atoms with Crippen LogP contribution in [-0.2, 0) is 4.79 Å². The van der Waals surface area contributed by atoms with Crippen LogP contribution < -0.4 is 0 Å². The molecule has 0 saturated heterocycles. The van der Waals surface area contributed by atoms with Gasteiger partial charge in [-0.25, -0.2) is 9.50 Å². The highest BCUT2D eigenvalue weighted by Gasteiger charge is 2.26. The van der Waals surface area contributed by atoms with Gasteiger partial charge in [0.25, 0.3) is 0 Å². The van der Waals surface area contributed by atoms with Gasteiger partial charge in [-0.2, -0.15) is 5.10 Å². The van der Waals surface area contributed by atoms with Crippen LogP contribution in [0.15, 0.2) is 24.7 Å². The zero-order valence-electron chi connectivity index (χ0n) is 22.4. The quantitative estimate of drug-likeness (QED) is 0.354. The Morgan fingerprint density at radius 3 is 2.58 bits per heavy atom. The second-order valence-corrected chi connectivity index (χ2v) is 11.1. The SMILES string of the molecule is Cc1c(-c2[nH]c3ccc(C4CCC(CCC(=O)N(C)C)CC4)nc3c2C(C)C)cn2ncnc2c1C. The van der Waals surface area contributed by atoms with Gasteiger partial charge in [-0.15, -0.1) is 0 Å². The van der Waals surface area contributed by atoms with E-state index in [4.69, 9.17) is 4.98 Å². The van der Waals surface area contributed by atoms with Crippen LogP contribution >= 0.6 is 0 Å². The van der Waals surface area contributed by atoms with Crippen molar-refractivity contribution in [3.8, 4) is 11.3 Å². The molecule has 0 unspecified atom stereocenters. The van der Waals surface area contributed by atoms with E-state index in [0.29, 0.717) is 24.2 Å². The minimum atomic E-state index is 0.238. The molecule has 1 aliphatic carbocycles. The standard InChI is InChI=1S/C29H38N6O/c1-17(2)26-27(22-15-35-29(30-16-31-35)19(4)18(22)3)33-24-13-12-23(32-28(24)26)21-10-7-20(8-11-21)9-14-25(36)34(5)6/h12-13,15-17,20-21,33H,7-11,14H2,1-6H3. The molecule has 4 aromatic heterocycles. The van der Waals surface area contributed by atoms with E-state index in [1.807, 2.05) is 18.6 Å². The van der Waals surface area contributed by atoms with E-state index in [2.05, 4.69) is 61.1 Å². The summed E-state index contributed by atoms with van der Waals surface area (Å²) in [6.45, 7) is 8.77. The van der Waals surface area contributed by atoms with Crippen molar-refractivity contribution in [1.82, 2.24) is 29.5 Å². The molecule has 1 N–H and O–H groups in total. The van der Waals surface area contributed by atoms with Crippen molar-refractivity contribution >= 4 is 22.6 Å². The van der Waals surface area contributed by atoms with Gasteiger partial charge in [0.1, 0.15) is 6.33 Å². The normalized spacial score (nSPS) is 18.4. The smallest absolute Gasteiger partial charge is 0.222 e. The number of aromatic nitrogens is 5. The Labute approximate surface area is 213 Å². The first kappa shape index (κ1) is 24.5. The van der Waals surface area contributed by atoms with Crippen molar-refractivity contribution in [3.05, 3.63) is 47.0 Å². The minimum Gasteiger partial charge on any atom is -0.353 e. The Balaban J connectivity index is 1.43. The maximum Gasteiger partial charge on any atom is 0.222 e. The number of aryl methyl sites for hydroxylation is 1. The molecule has 0 atom stereocenters. The third kappa shape index (κ3) is 4.40. The monoisotopic (exact) mass is 486 g/mol. The molecule has 190 valence electrons. The predicted octanol–water partition coefficient (Wildman–Crippen LogP) is 6.16. The van der Waals surface area contributed by atoms with Crippen molar-refractivity contribution in [3.63, 3.8) is 0 Å². The van der Waals surface area contributed by atoms with Crippen molar-refractivity contribution in [2.45, 2.75) is 78.1 Å². The fourth-order valence-electron chi connectivity index (χ4n) is 5.85. The number of hydrogen-bond donors (Lipinski definition) is 1. The molecule has 4 aromatic rings. The second kappa shape index (κ2) is 9.68. The van der Waals surface area contributed by atoms with Crippen LogP contribution in [-0.4, -0.2) is 49.5 Å². The highest BCUT2D eigenvalue weighted by Crippen LogP contribution is 2.40. The first-order chi connectivity index (χ1) is 17.2. The molecule has 1 fully saturated rings. The highest BCUT2D eigenvalue weighted by atomic mass is 16.2. The number of carbonyl (C=O) groups is 1. The number of rotatable bonds is 6. The minimum absolute atomic E-state index is 0.238. The summed E-state index contributed by atoms with van der Waals surface area (Å²) in [7, 11) is 3.68. The molecule has 1 aliphatic rings. The van der Waals surface area contributed by atoms with E-state index >= 15 is 0 Å². The summed E-state index contributed by atoms with van der Waals surface area (Å²) in [6.07, 6.45) is 10.0. The fraction of sp³-hybridized carbons (Fsp3) is 0.517. The third-order valence-corrected chi connectivity index (χ3v) is 8.20. The van der Waals surface area contributed by atoms with Crippen LogP contribution in [0.5, 0.6) is 0 Å². The van der Waals surface area contributed by atoms with E-state index < -0.39 is 0 Å². The average Bonchev–Trinajstić information content (AvgIpc) is 3.49. The Hall–Kier alpha value is -3.22. The Morgan fingerprint density at radius 1 is 1.14 bits per heavy atom. The van der Waals surface area contributed by atoms with Gasteiger partial charge in [-0.1, -0.05) is 13.8 Å². The lowest BCUT2D eigenvalue weighted by atomic mass is 9.78. The molecule has 7 nitrogen and oxygen atoms in total. The Kier molecular flexibility index (Phi) is 6.58. The molecular formula is C29H38N6O. The summed E-state index contributed by atoms with van der Waals surface area (Å²) in [4.78, 5) is 27.1. The average molecular weight is 487 g/mol. The van der Waals surface area contributed by atoms with Gasteiger partial charge in [0.15, 0.2) is 5.65 Å². The van der Waals surface area contributed by atoms with Gasteiger partial charge in [-0.05, 0) is 81.0 Å². The van der Waals surface area contributed by atoms with Gasteiger partial charge in [-0.3, -0.25) is 9.78 Å². The zero-order valence-corrected chi connectivity index (χ0v) is 22.4. The van der Waals surface area contributed by atoms with Crippen LogP contribution in [0.25, 0.3) is 27.9 Å². The number of aromatic amines is 1. The summed E-state index contributed by atoms with van der Waals surface area (Å²) in [6, 6.07) is 4.43. The number of nitrogens with one attached hydrogen (secondary N) is 1. The van der Waals surface area contributed by atoms with E-state index in [-0.39, 0.29) is 5.91 Å². The number of amides is 1. The van der Waals surface area contributed by atoms with E-state index in [1.54, 1.807) is 11.2 Å². The van der Waals surface area contributed by atoms with Crippen LogP contribution in [0.3, 0.4) is 0 Å². The molecule has 5 rings (SSSR count). The highest BCUT2D eigenvalue weighted by molar-refractivity contribution is 5.89. The zero-order chi connectivity index (χ0) is 25.6. The molecule has 0 spiro atoms. The molecule has 0 bridgehead atoms. The number of nitrogens with zero attached hydrogens (tertiary/aromatic N) is 5. The van der Waals surface area contributed by atoms with Gasteiger partial charge in [0.05, 0.1) is 16.7 Å². The summed E-state index contributed by atoms with van der Waals surface area (Å²) >= 11 is 0. The van der Waals surface area contributed by atoms with Crippen LogP contribution in [0.4, 0.5) is 0 Å². The Morgan fingerprint density at radius 2 is 1.89 bits per heavy atom. The van der Waals surface area contributed by atoms with Crippen LogP contribution in [0, 0.1) is 19.8 Å². The molecule has 4 heterocycles. The van der Waals surface area contributed by atoms with E-state index in [0.717, 1.165) is 52.8 Å². The lowest BCUT2D eigenvalue weighted by molar-refractivity contribution is -0.129. The van der Waals surface area contributed by atoms with Crippen LogP contribution in [0.1, 0.15) is 86.6 Å². The maximum absolute atomic E-state index is 12.0. The Bertz CT molecular complexity index is 1400. The van der Waals surface area contributed by atoms with Gasteiger partial charge in [0.2, 0.25) is 5.91 Å². The van der Waals surface area contributed by atoms with Crippen LogP contribution in [0.2, 0.25) is 0 Å². The number of carbonyl (C=O) groups excluding carboxylic acids is 1. The van der Waals surface area contributed by atoms with Gasteiger partial charge >= 0.3 is 0 Å². The maximum atomic E-state index is 12.0. The molecule has 1 amide bonds. The number of fused-ring (bicyclic) bond motifs is 2. The van der Waals surface area contributed by atoms with Gasteiger partial charge < -0.3 is 9.88 Å². The number of H-pyrrole nitrogens is 1. The van der Waals surface area contributed by atoms with Gasteiger partial charge in [0, 0.05) is 49.5 Å². The number of hydrogen-bond acceptors (Lipinski definition) is 4. The van der Waals surface area contributed by atoms with Crippen molar-refractivity contribution in [1.29, 1.82) is 0 Å².